The van der Waals surface area contributed by atoms with Crippen LogP contribution >= 0.6 is 0 Å². The third kappa shape index (κ3) is 3.81. The molecule has 3 aliphatic heterocycles. The molecule has 0 bridgehead atoms. The number of carbonyl (C=O) groups excluding carboxylic acids is 1. The number of hydrogen-bond acceptors (Lipinski definition) is 4. The predicted octanol–water partition coefficient (Wildman–Crippen LogP) is 1.86. The van der Waals surface area contributed by atoms with Crippen LogP contribution in [0.15, 0.2) is 0 Å². The Labute approximate surface area is 133 Å². The van der Waals surface area contributed by atoms with Crippen molar-refractivity contribution in [2.24, 2.45) is 5.92 Å². The Kier molecular flexibility index (Phi) is 5.71. The molecular formula is C17H30N2O3. The normalized spacial score (nSPS) is 31.6. The van der Waals surface area contributed by atoms with Gasteiger partial charge in [-0.25, -0.2) is 0 Å². The molecule has 0 aromatic rings. The highest BCUT2D eigenvalue weighted by molar-refractivity contribution is 5.78. The summed E-state index contributed by atoms with van der Waals surface area (Å²) in [7, 11) is 0. The van der Waals surface area contributed by atoms with Gasteiger partial charge in [-0.15, -0.1) is 0 Å². The maximum Gasteiger partial charge on any atom is 0.236 e. The highest BCUT2D eigenvalue weighted by Gasteiger charge is 2.33. The third-order valence-electron chi connectivity index (χ3n) is 5.35. The van der Waals surface area contributed by atoms with E-state index in [1.165, 1.54) is 12.8 Å². The molecule has 0 radical (unpaired) electrons. The van der Waals surface area contributed by atoms with E-state index >= 15 is 0 Å². The van der Waals surface area contributed by atoms with Gasteiger partial charge in [0.2, 0.25) is 5.91 Å². The lowest BCUT2D eigenvalue weighted by molar-refractivity contribution is -0.138. The molecule has 22 heavy (non-hydrogen) atoms. The van der Waals surface area contributed by atoms with Crippen LogP contribution in [0.25, 0.3) is 0 Å². The van der Waals surface area contributed by atoms with Crippen molar-refractivity contribution < 1.29 is 14.3 Å². The molecule has 0 spiro atoms. The van der Waals surface area contributed by atoms with E-state index in [2.05, 4.69) is 16.7 Å². The number of amides is 1. The van der Waals surface area contributed by atoms with E-state index in [1.807, 2.05) is 0 Å². The number of likely N-dealkylation sites (tertiary alicyclic amines) is 2. The van der Waals surface area contributed by atoms with Crippen LogP contribution < -0.4 is 0 Å². The van der Waals surface area contributed by atoms with Crippen LogP contribution in [0.2, 0.25) is 0 Å². The molecule has 3 aliphatic rings. The summed E-state index contributed by atoms with van der Waals surface area (Å²) in [5.74, 6) is 0.743. The van der Waals surface area contributed by atoms with E-state index in [4.69, 9.17) is 9.47 Å². The topological polar surface area (TPSA) is 42.0 Å². The molecule has 5 heteroatoms. The number of nitrogens with zero attached hydrogens (tertiary/aromatic N) is 2. The molecule has 0 saturated carbocycles. The number of rotatable bonds is 4. The summed E-state index contributed by atoms with van der Waals surface area (Å²) in [4.78, 5) is 17.1. The molecule has 5 nitrogen and oxygen atoms in total. The fourth-order valence-corrected chi connectivity index (χ4v) is 4.14. The molecule has 3 saturated heterocycles. The third-order valence-corrected chi connectivity index (χ3v) is 5.35. The molecule has 0 N–H and O–H groups in total. The number of piperidine rings is 2. The van der Waals surface area contributed by atoms with Crippen LogP contribution in [0, 0.1) is 5.92 Å². The van der Waals surface area contributed by atoms with Crippen molar-refractivity contribution in [3.8, 4) is 0 Å². The van der Waals surface area contributed by atoms with E-state index in [-0.39, 0.29) is 6.29 Å². The lowest BCUT2D eigenvalue weighted by Crippen LogP contribution is -2.50. The molecule has 2 unspecified atom stereocenters. The highest BCUT2D eigenvalue weighted by Crippen LogP contribution is 2.25. The van der Waals surface area contributed by atoms with Crippen LogP contribution in [0.5, 0.6) is 0 Å². The van der Waals surface area contributed by atoms with Crippen molar-refractivity contribution >= 4 is 5.91 Å². The molecule has 2 atom stereocenters. The first-order valence-electron chi connectivity index (χ1n) is 9.03. The maximum absolute atomic E-state index is 12.7. The van der Waals surface area contributed by atoms with Gasteiger partial charge in [0.25, 0.3) is 0 Å². The summed E-state index contributed by atoms with van der Waals surface area (Å²) < 4.78 is 11.3. The lowest BCUT2D eigenvalue weighted by atomic mass is 9.97. The molecule has 3 fully saturated rings. The van der Waals surface area contributed by atoms with Crippen molar-refractivity contribution in [1.82, 2.24) is 9.80 Å². The smallest absolute Gasteiger partial charge is 0.236 e. The Hall–Kier alpha value is -0.650. The van der Waals surface area contributed by atoms with Crippen molar-refractivity contribution in [2.75, 3.05) is 39.4 Å². The van der Waals surface area contributed by atoms with Crippen LogP contribution in [0.4, 0.5) is 0 Å². The number of ether oxygens (including phenoxy) is 2. The second kappa shape index (κ2) is 7.75. The Morgan fingerprint density at radius 3 is 2.68 bits per heavy atom. The molecule has 126 valence electrons. The quantitative estimate of drug-likeness (QED) is 0.795. The van der Waals surface area contributed by atoms with Crippen LogP contribution in [0.1, 0.15) is 45.4 Å². The largest absolute Gasteiger partial charge is 0.350 e. The van der Waals surface area contributed by atoms with Crippen molar-refractivity contribution in [3.63, 3.8) is 0 Å². The average Bonchev–Trinajstić information content (AvgIpc) is 3.09. The van der Waals surface area contributed by atoms with E-state index in [0.717, 1.165) is 45.3 Å². The lowest BCUT2D eigenvalue weighted by Gasteiger charge is -2.39. The van der Waals surface area contributed by atoms with Gasteiger partial charge in [-0.05, 0) is 45.1 Å². The standard InChI is InChI=1S/C17H30N2O3/c1-2-15-7-3-4-9-19(15)16(20)13-18-8-5-6-14(12-18)17-21-10-11-22-17/h14-15,17H,2-13H2,1H3. The second-order valence-corrected chi connectivity index (χ2v) is 6.89. The van der Waals surface area contributed by atoms with E-state index in [0.29, 0.717) is 37.6 Å². The zero-order valence-corrected chi connectivity index (χ0v) is 13.8. The molecule has 1 amide bonds. The van der Waals surface area contributed by atoms with E-state index in [9.17, 15) is 4.79 Å². The Morgan fingerprint density at radius 1 is 1.09 bits per heavy atom. The van der Waals surface area contributed by atoms with Gasteiger partial charge < -0.3 is 14.4 Å². The van der Waals surface area contributed by atoms with E-state index in [1.54, 1.807) is 0 Å². The van der Waals surface area contributed by atoms with Gasteiger partial charge >= 0.3 is 0 Å². The first-order valence-corrected chi connectivity index (χ1v) is 9.03. The van der Waals surface area contributed by atoms with Crippen LogP contribution in [-0.4, -0.2) is 67.4 Å². The van der Waals surface area contributed by atoms with Crippen molar-refractivity contribution in [1.29, 1.82) is 0 Å². The summed E-state index contributed by atoms with van der Waals surface area (Å²) in [6.45, 7) is 7.10. The summed E-state index contributed by atoms with van der Waals surface area (Å²) in [5, 5.41) is 0. The van der Waals surface area contributed by atoms with Crippen molar-refractivity contribution in [2.45, 2.75) is 57.8 Å². The maximum atomic E-state index is 12.7. The summed E-state index contributed by atoms with van der Waals surface area (Å²) in [6, 6.07) is 0.461. The molecule has 0 aromatic carbocycles. The fourth-order valence-electron chi connectivity index (χ4n) is 4.14. The minimum Gasteiger partial charge on any atom is -0.350 e. The first kappa shape index (κ1) is 16.2. The predicted molar refractivity (Wildman–Crippen MR) is 84.5 cm³/mol. The zero-order valence-electron chi connectivity index (χ0n) is 13.8. The number of hydrogen-bond donors (Lipinski definition) is 0. The minimum atomic E-state index is -0.0451. The van der Waals surface area contributed by atoms with Gasteiger partial charge in [0.15, 0.2) is 6.29 Å². The summed E-state index contributed by atoms with van der Waals surface area (Å²) in [6.07, 6.45) is 6.93. The SMILES string of the molecule is CCC1CCCCN1C(=O)CN1CCCC(C2OCCO2)C1. The second-order valence-electron chi connectivity index (χ2n) is 6.89. The van der Waals surface area contributed by atoms with Gasteiger partial charge in [0.05, 0.1) is 19.8 Å². The van der Waals surface area contributed by atoms with Crippen LogP contribution in [-0.2, 0) is 14.3 Å². The Morgan fingerprint density at radius 2 is 1.91 bits per heavy atom. The Balaban J connectivity index is 1.51. The molecule has 3 rings (SSSR count). The molecule has 0 aromatic heterocycles. The minimum absolute atomic E-state index is 0.0451. The Bertz CT molecular complexity index is 371. The van der Waals surface area contributed by atoms with Gasteiger partial charge in [0, 0.05) is 25.0 Å². The van der Waals surface area contributed by atoms with Crippen LogP contribution in [0.3, 0.4) is 0 Å². The summed E-state index contributed by atoms with van der Waals surface area (Å²) >= 11 is 0. The van der Waals surface area contributed by atoms with Gasteiger partial charge in [0.1, 0.15) is 0 Å². The molecule has 0 aliphatic carbocycles. The van der Waals surface area contributed by atoms with Gasteiger partial charge in [-0.1, -0.05) is 6.92 Å². The summed E-state index contributed by atoms with van der Waals surface area (Å²) in [5.41, 5.74) is 0. The zero-order chi connectivity index (χ0) is 15.4. The van der Waals surface area contributed by atoms with Crippen molar-refractivity contribution in [3.05, 3.63) is 0 Å². The van der Waals surface area contributed by atoms with Gasteiger partial charge in [-0.2, -0.15) is 0 Å². The van der Waals surface area contributed by atoms with E-state index < -0.39 is 0 Å². The number of carbonyl (C=O) groups is 1. The fraction of sp³-hybridized carbons (Fsp3) is 0.941. The first-order chi connectivity index (χ1) is 10.8. The molecular weight excluding hydrogens is 280 g/mol. The highest BCUT2D eigenvalue weighted by atomic mass is 16.7. The van der Waals surface area contributed by atoms with Gasteiger partial charge in [-0.3, -0.25) is 9.69 Å². The monoisotopic (exact) mass is 310 g/mol. The average molecular weight is 310 g/mol. The molecule has 3 heterocycles.